The maximum Gasteiger partial charge on any atom is 0.573 e. The van der Waals surface area contributed by atoms with E-state index in [1.54, 1.807) is 23.7 Å². The highest BCUT2D eigenvalue weighted by Gasteiger charge is 2.31. The quantitative estimate of drug-likeness (QED) is 0.450. The SMILES string of the molecule is FC(F)(F)Oc1ccc(Nc2nnc(-c3ccsc3Cc3ccncc3)o2)cc1. The second-order valence-electron chi connectivity index (χ2n) is 5.90. The molecule has 1 aromatic carbocycles. The van der Waals surface area contributed by atoms with Crippen LogP contribution in [0.4, 0.5) is 24.9 Å². The maximum absolute atomic E-state index is 12.2. The summed E-state index contributed by atoms with van der Waals surface area (Å²) in [4.78, 5) is 5.08. The van der Waals surface area contributed by atoms with Crippen LogP contribution in [0.2, 0.25) is 0 Å². The zero-order valence-corrected chi connectivity index (χ0v) is 15.5. The molecule has 3 aromatic heterocycles. The van der Waals surface area contributed by atoms with Crippen LogP contribution in [0.15, 0.2) is 64.7 Å². The van der Waals surface area contributed by atoms with Crippen LogP contribution in [0.25, 0.3) is 11.5 Å². The Morgan fingerprint density at radius 1 is 1.00 bits per heavy atom. The molecule has 0 spiro atoms. The number of alkyl halides is 3. The number of anilines is 2. The number of aromatic nitrogens is 3. The maximum atomic E-state index is 12.2. The minimum absolute atomic E-state index is 0.130. The summed E-state index contributed by atoms with van der Waals surface area (Å²) in [5.74, 6) is 0.0446. The lowest BCUT2D eigenvalue weighted by Crippen LogP contribution is -2.16. The Morgan fingerprint density at radius 3 is 2.48 bits per heavy atom. The fourth-order valence-corrected chi connectivity index (χ4v) is 3.50. The van der Waals surface area contributed by atoms with E-state index in [0.717, 1.165) is 16.0 Å². The van der Waals surface area contributed by atoms with Crippen molar-refractivity contribution in [3.05, 3.63) is 70.7 Å². The summed E-state index contributed by atoms with van der Waals surface area (Å²) in [6.07, 6.45) is -0.545. The van der Waals surface area contributed by atoms with Crippen molar-refractivity contribution < 1.29 is 22.3 Å². The van der Waals surface area contributed by atoms with Gasteiger partial charge in [-0.2, -0.15) is 0 Å². The number of pyridine rings is 1. The molecule has 0 fully saturated rings. The van der Waals surface area contributed by atoms with E-state index in [0.29, 0.717) is 18.0 Å². The highest BCUT2D eigenvalue weighted by atomic mass is 32.1. The monoisotopic (exact) mass is 418 g/mol. The Morgan fingerprint density at radius 2 is 1.76 bits per heavy atom. The normalized spacial score (nSPS) is 11.4. The van der Waals surface area contributed by atoms with Crippen LogP contribution in [0.5, 0.6) is 5.75 Å². The van der Waals surface area contributed by atoms with Crippen molar-refractivity contribution >= 4 is 23.0 Å². The lowest BCUT2D eigenvalue weighted by Gasteiger charge is -2.09. The van der Waals surface area contributed by atoms with Gasteiger partial charge in [0.2, 0.25) is 0 Å². The second kappa shape index (κ2) is 7.92. The van der Waals surface area contributed by atoms with Gasteiger partial charge in [-0.1, -0.05) is 5.10 Å². The van der Waals surface area contributed by atoms with E-state index < -0.39 is 6.36 Å². The number of rotatable bonds is 6. The first-order chi connectivity index (χ1) is 14.0. The molecule has 6 nitrogen and oxygen atoms in total. The van der Waals surface area contributed by atoms with E-state index >= 15 is 0 Å². The number of nitrogens with zero attached hydrogens (tertiary/aromatic N) is 3. The minimum atomic E-state index is -4.73. The molecule has 3 heterocycles. The molecular formula is C19H13F3N4O2S. The summed E-state index contributed by atoms with van der Waals surface area (Å²) in [5, 5.41) is 12.8. The van der Waals surface area contributed by atoms with Gasteiger partial charge in [0, 0.05) is 29.4 Å². The van der Waals surface area contributed by atoms with Crippen LogP contribution in [-0.4, -0.2) is 21.5 Å². The van der Waals surface area contributed by atoms with E-state index in [1.807, 2.05) is 23.6 Å². The van der Waals surface area contributed by atoms with Gasteiger partial charge < -0.3 is 14.5 Å². The van der Waals surface area contributed by atoms with Crippen molar-refractivity contribution in [2.24, 2.45) is 0 Å². The Bertz CT molecular complexity index is 1080. The Balaban J connectivity index is 1.46. The Kier molecular flexibility index (Phi) is 5.17. The van der Waals surface area contributed by atoms with Gasteiger partial charge in [0.05, 0.1) is 5.56 Å². The molecule has 0 saturated carbocycles. The van der Waals surface area contributed by atoms with E-state index in [-0.39, 0.29) is 11.8 Å². The summed E-state index contributed by atoms with van der Waals surface area (Å²) >= 11 is 1.58. The summed E-state index contributed by atoms with van der Waals surface area (Å²) in [6.45, 7) is 0. The van der Waals surface area contributed by atoms with Crippen molar-refractivity contribution in [2.75, 3.05) is 5.32 Å². The molecule has 0 bridgehead atoms. The van der Waals surface area contributed by atoms with Crippen LogP contribution in [0.1, 0.15) is 10.4 Å². The third-order valence-corrected chi connectivity index (χ3v) is 4.77. The second-order valence-corrected chi connectivity index (χ2v) is 6.90. The largest absolute Gasteiger partial charge is 0.573 e. The lowest BCUT2D eigenvalue weighted by atomic mass is 10.1. The standard InChI is InChI=1S/C19H13F3N4O2S/c20-19(21,22)28-14-3-1-13(2-4-14)24-18-26-25-17(27-18)15-7-10-29-16(15)11-12-5-8-23-9-6-12/h1-10H,11H2,(H,24,26). The van der Waals surface area contributed by atoms with E-state index in [4.69, 9.17) is 4.42 Å². The van der Waals surface area contributed by atoms with E-state index in [2.05, 4.69) is 25.2 Å². The molecule has 29 heavy (non-hydrogen) atoms. The molecule has 0 aliphatic rings. The van der Waals surface area contributed by atoms with E-state index in [1.165, 1.54) is 24.3 Å². The number of nitrogens with one attached hydrogen (secondary N) is 1. The number of benzene rings is 1. The molecule has 0 saturated heterocycles. The molecule has 0 radical (unpaired) electrons. The molecule has 0 unspecified atom stereocenters. The topological polar surface area (TPSA) is 73.1 Å². The van der Waals surface area contributed by atoms with Crippen LogP contribution in [-0.2, 0) is 6.42 Å². The van der Waals surface area contributed by atoms with Gasteiger partial charge in [-0.15, -0.1) is 29.6 Å². The smallest absolute Gasteiger partial charge is 0.406 e. The van der Waals surface area contributed by atoms with E-state index in [9.17, 15) is 13.2 Å². The number of hydrogen-bond donors (Lipinski definition) is 1. The molecule has 0 aliphatic carbocycles. The Labute approximate surface area is 167 Å². The van der Waals surface area contributed by atoms with Crippen molar-refractivity contribution in [1.29, 1.82) is 0 Å². The average Bonchev–Trinajstić information content (AvgIpc) is 3.32. The molecule has 0 atom stereocenters. The zero-order chi connectivity index (χ0) is 20.3. The molecule has 4 rings (SSSR count). The molecule has 10 heteroatoms. The number of ether oxygens (including phenoxy) is 1. The predicted molar refractivity (Wildman–Crippen MR) is 101 cm³/mol. The number of halogens is 3. The molecule has 1 N–H and O–H groups in total. The van der Waals surface area contributed by atoms with Crippen LogP contribution in [0.3, 0.4) is 0 Å². The van der Waals surface area contributed by atoms with Crippen LogP contribution >= 0.6 is 11.3 Å². The lowest BCUT2D eigenvalue weighted by molar-refractivity contribution is -0.274. The van der Waals surface area contributed by atoms with Gasteiger partial charge in [-0.25, -0.2) is 0 Å². The molecule has 0 aliphatic heterocycles. The molecule has 148 valence electrons. The molecular weight excluding hydrogens is 405 g/mol. The fraction of sp³-hybridized carbons (Fsp3) is 0.105. The summed E-state index contributed by atoms with van der Waals surface area (Å²) in [6, 6.07) is 11.1. The zero-order valence-electron chi connectivity index (χ0n) is 14.7. The summed E-state index contributed by atoms with van der Waals surface area (Å²) < 4.78 is 46.2. The van der Waals surface area contributed by atoms with Crippen molar-refractivity contribution in [2.45, 2.75) is 12.8 Å². The van der Waals surface area contributed by atoms with Gasteiger partial charge in [0.1, 0.15) is 5.75 Å². The summed E-state index contributed by atoms with van der Waals surface area (Å²) in [7, 11) is 0. The molecule has 0 amide bonds. The van der Waals surface area contributed by atoms with Gasteiger partial charge in [0.25, 0.3) is 5.89 Å². The first-order valence-electron chi connectivity index (χ1n) is 8.38. The molecule has 4 aromatic rings. The first-order valence-corrected chi connectivity index (χ1v) is 9.26. The minimum Gasteiger partial charge on any atom is -0.406 e. The van der Waals surface area contributed by atoms with Gasteiger partial charge in [-0.3, -0.25) is 4.98 Å². The van der Waals surface area contributed by atoms with Gasteiger partial charge in [-0.05, 0) is 53.4 Å². The van der Waals surface area contributed by atoms with Gasteiger partial charge >= 0.3 is 12.4 Å². The third kappa shape index (κ3) is 4.91. The summed E-state index contributed by atoms with van der Waals surface area (Å²) in [5.41, 5.74) is 2.43. The highest BCUT2D eigenvalue weighted by molar-refractivity contribution is 7.10. The van der Waals surface area contributed by atoms with Crippen molar-refractivity contribution in [3.63, 3.8) is 0 Å². The average molecular weight is 418 g/mol. The van der Waals surface area contributed by atoms with Crippen LogP contribution < -0.4 is 10.1 Å². The van der Waals surface area contributed by atoms with Gasteiger partial charge in [0.15, 0.2) is 0 Å². The predicted octanol–water partition coefficient (Wildman–Crippen LogP) is 5.43. The Hall–Kier alpha value is -3.40. The van der Waals surface area contributed by atoms with Crippen molar-refractivity contribution in [1.82, 2.24) is 15.2 Å². The third-order valence-electron chi connectivity index (χ3n) is 3.85. The number of thiophene rings is 1. The fourth-order valence-electron chi connectivity index (χ4n) is 2.60. The highest BCUT2D eigenvalue weighted by Crippen LogP contribution is 2.31. The first kappa shape index (κ1) is 18.9. The number of hydrogen-bond acceptors (Lipinski definition) is 7. The van der Waals surface area contributed by atoms with Crippen molar-refractivity contribution in [3.8, 4) is 17.2 Å². The van der Waals surface area contributed by atoms with Crippen LogP contribution in [0, 0.1) is 0 Å².